The summed E-state index contributed by atoms with van der Waals surface area (Å²) in [7, 11) is 0. The van der Waals surface area contributed by atoms with Gasteiger partial charge in [0.2, 0.25) is 0 Å². The molecule has 0 aromatic heterocycles. The number of aromatic hydroxyl groups is 1. The molecule has 2 rings (SSSR count). The number of nitrogens with one attached hydrogen (secondary N) is 1. The molecular formula is C14H21NOS. The van der Waals surface area contributed by atoms with Crippen LogP contribution in [0.15, 0.2) is 18.2 Å². The van der Waals surface area contributed by atoms with E-state index >= 15 is 0 Å². The monoisotopic (exact) mass is 251 g/mol. The van der Waals surface area contributed by atoms with Gasteiger partial charge in [0.15, 0.2) is 0 Å². The largest absolute Gasteiger partial charge is 0.508 e. The maximum atomic E-state index is 9.39. The van der Waals surface area contributed by atoms with Crippen molar-refractivity contribution >= 4 is 17.4 Å². The van der Waals surface area contributed by atoms with Crippen molar-refractivity contribution in [2.24, 2.45) is 5.41 Å². The zero-order valence-electron chi connectivity index (χ0n) is 10.8. The molecule has 1 saturated heterocycles. The highest BCUT2D eigenvalue weighted by atomic mass is 32.2. The van der Waals surface area contributed by atoms with E-state index in [4.69, 9.17) is 0 Å². The summed E-state index contributed by atoms with van der Waals surface area (Å²) < 4.78 is 0. The van der Waals surface area contributed by atoms with E-state index < -0.39 is 0 Å². The van der Waals surface area contributed by atoms with Crippen molar-refractivity contribution in [3.05, 3.63) is 23.8 Å². The number of phenols is 1. The van der Waals surface area contributed by atoms with Crippen molar-refractivity contribution in [1.29, 1.82) is 0 Å². The van der Waals surface area contributed by atoms with Gasteiger partial charge in [-0.2, -0.15) is 11.8 Å². The number of anilines is 1. The average Bonchev–Trinajstić information content (AvgIpc) is 2.21. The molecule has 0 spiro atoms. The molecule has 1 aliphatic heterocycles. The van der Waals surface area contributed by atoms with Crippen LogP contribution in [0.5, 0.6) is 5.75 Å². The minimum Gasteiger partial charge on any atom is -0.508 e. The Morgan fingerprint density at radius 3 is 2.82 bits per heavy atom. The van der Waals surface area contributed by atoms with Crippen molar-refractivity contribution in [2.45, 2.75) is 33.2 Å². The van der Waals surface area contributed by atoms with E-state index in [0.717, 1.165) is 11.3 Å². The molecule has 2 nitrogen and oxygen atoms in total. The van der Waals surface area contributed by atoms with Gasteiger partial charge in [-0.25, -0.2) is 0 Å². The van der Waals surface area contributed by atoms with Crippen molar-refractivity contribution in [1.82, 2.24) is 0 Å². The van der Waals surface area contributed by atoms with Crippen LogP contribution in [0.4, 0.5) is 5.69 Å². The molecule has 1 atom stereocenters. The van der Waals surface area contributed by atoms with E-state index in [1.807, 2.05) is 30.8 Å². The molecule has 0 bridgehead atoms. The highest BCUT2D eigenvalue weighted by molar-refractivity contribution is 7.99. The Hall–Kier alpha value is -0.830. The lowest BCUT2D eigenvalue weighted by atomic mass is 9.87. The summed E-state index contributed by atoms with van der Waals surface area (Å²) in [6, 6.07) is 6.06. The van der Waals surface area contributed by atoms with Gasteiger partial charge in [-0.15, -0.1) is 0 Å². The Bertz CT molecular complexity index is 403. The van der Waals surface area contributed by atoms with E-state index in [9.17, 15) is 5.11 Å². The summed E-state index contributed by atoms with van der Waals surface area (Å²) in [5, 5.41) is 13.0. The first kappa shape index (κ1) is 12.6. The summed E-state index contributed by atoms with van der Waals surface area (Å²) in [5.74, 6) is 2.76. The Morgan fingerprint density at radius 2 is 2.18 bits per heavy atom. The first-order chi connectivity index (χ1) is 7.96. The number of hydrogen-bond acceptors (Lipinski definition) is 3. The second-order valence-electron chi connectivity index (χ2n) is 5.72. The van der Waals surface area contributed by atoms with E-state index in [2.05, 4.69) is 19.2 Å². The fourth-order valence-electron chi connectivity index (χ4n) is 2.38. The van der Waals surface area contributed by atoms with Gasteiger partial charge in [0.25, 0.3) is 0 Å². The SMILES string of the molecule is Cc1cc(O)ccc1NC1CSCC(C)(C)C1. The Morgan fingerprint density at radius 1 is 1.41 bits per heavy atom. The van der Waals surface area contributed by atoms with Gasteiger partial charge in [0, 0.05) is 17.5 Å². The molecule has 0 radical (unpaired) electrons. The zero-order chi connectivity index (χ0) is 12.5. The summed E-state index contributed by atoms with van der Waals surface area (Å²) in [5.41, 5.74) is 2.68. The minimum absolute atomic E-state index is 0.339. The summed E-state index contributed by atoms with van der Waals surface area (Å²) in [4.78, 5) is 0. The van der Waals surface area contributed by atoms with Gasteiger partial charge >= 0.3 is 0 Å². The smallest absolute Gasteiger partial charge is 0.115 e. The third-order valence-corrected chi connectivity index (χ3v) is 4.80. The minimum atomic E-state index is 0.339. The second kappa shape index (κ2) is 4.81. The van der Waals surface area contributed by atoms with E-state index in [1.165, 1.54) is 17.9 Å². The van der Waals surface area contributed by atoms with Crippen LogP contribution in [0.25, 0.3) is 0 Å². The number of aryl methyl sites for hydroxylation is 1. The Labute approximate surface area is 108 Å². The molecule has 2 N–H and O–H groups in total. The fraction of sp³-hybridized carbons (Fsp3) is 0.571. The average molecular weight is 251 g/mol. The lowest BCUT2D eigenvalue weighted by Crippen LogP contribution is -2.35. The summed E-state index contributed by atoms with van der Waals surface area (Å²) in [6.07, 6.45) is 1.21. The van der Waals surface area contributed by atoms with E-state index in [0.29, 0.717) is 17.2 Å². The predicted molar refractivity (Wildman–Crippen MR) is 76.0 cm³/mol. The zero-order valence-corrected chi connectivity index (χ0v) is 11.6. The van der Waals surface area contributed by atoms with Crippen molar-refractivity contribution in [2.75, 3.05) is 16.8 Å². The van der Waals surface area contributed by atoms with Crippen LogP contribution >= 0.6 is 11.8 Å². The first-order valence-electron chi connectivity index (χ1n) is 6.10. The van der Waals surface area contributed by atoms with Crippen molar-refractivity contribution in [3.63, 3.8) is 0 Å². The molecule has 1 aromatic rings. The van der Waals surface area contributed by atoms with Crippen LogP contribution in [0.2, 0.25) is 0 Å². The quantitative estimate of drug-likeness (QED) is 0.787. The van der Waals surface area contributed by atoms with Crippen LogP contribution in [-0.2, 0) is 0 Å². The van der Waals surface area contributed by atoms with E-state index in [1.54, 1.807) is 6.07 Å². The second-order valence-corrected chi connectivity index (χ2v) is 6.75. The number of benzene rings is 1. The number of phenolic OH excluding ortho intramolecular Hbond substituents is 1. The molecular weight excluding hydrogens is 230 g/mol. The molecule has 1 unspecified atom stereocenters. The van der Waals surface area contributed by atoms with Gasteiger partial charge in [-0.3, -0.25) is 0 Å². The number of hydrogen-bond donors (Lipinski definition) is 2. The molecule has 1 fully saturated rings. The third kappa shape index (κ3) is 3.32. The molecule has 1 aliphatic rings. The molecule has 1 heterocycles. The molecule has 3 heteroatoms. The Kier molecular flexibility index (Phi) is 3.57. The normalized spacial score (nSPS) is 23.4. The highest BCUT2D eigenvalue weighted by Gasteiger charge is 2.28. The number of thioether (sulfide) groups is 1. The van der Waals surface area contributed by atoms with Crippen molar-refractivity contribution < 1.29 is 5.11 Å². The highest BCUT2D eigenvalue weighted by Crippen LogP contribution is 2.35. The van der Waals surface area contributed by atoms with Crippen LogP contribution in [-0.4, -0.2) is 22.7 Å². The predicted octanol–water partition coefficient (Wildman–Crippen LogP) is 3.64. The summed E-state index contributed by atoms with van der Waals surface area (Å²) >= 11 is 2.03. The molecule has 0 amide bonds. The van der Waals surface area contributed by atoms with Crippen LogP contribution in [0.3, 0.4) is 0 Å². The third-order valence-electron chi connectivity index (χ3n) is 3.18. The maximum Gasteiger partial charge on any atom is 0.115 e. The standard InChI is InChI=1S/C14H21NOS/c1-10-6-12(16)4-5-13(10)15-11-7-14(2,3)9-17-8-11/h4-6,11,15-16H,7-9H2,1-3H3. The van der Waals surface area contributed by atoms with Gasteiger partial charge in [0.1, 0.15) is 5.75 Å². The fourth-order valence-corrected chi connectivity index (χ4v) is 3.66. The molecule has 0 saturated carbocycles. The van der Waals surface area contributed by atoms with Gasteiger partial charge in [0.05, 0.1) is 0 Å². The molecule has 0 aliphatic carbocycles. The first-order valence-corrected chi connectivity index (χ1v) is 7.26. The van der Waals surface area contributed by atoms with Gasteiger partial charge < -0.3 is 10.4 Å². The topological polar surface area (TPSA) is 32.3 Å². The van der Waals surface area contributed by atoms with Crippen LogP contribution < -0.4 is 5.32 Å². The van der Waals surface area contributed by atoms with Gasteiger partial charge in [-0.1, -0.05) is 13.8 Å². The maximum absolute atomic E-state index is 9.39. The number of rotatable bonds is 2. The van der Waals surface area contributed by atoms with E-state index in [-0.39, 0.29) is 0 Å². The van der Waals surface area contributed by atoms with Crippen molar-refractivity contribution in [3.8, 4) is 5.75 Å². The Balaban J connectivity index is 2.05. The van der Waals surface area contributed by atoms with Crippen LogP contribution in [0, 0.1) is 12.3 Å². The summed E-state index contributed by atoms with van der Waals surface area (Å²) in [6.45, 7) is 6.69. The molecule has 94 valence electrons. The lowest BCUT2D eigenvalue weighted by Gasteiger charge is -2.35. The molecule has 1 aromatic carbocycles. The van der Waals surface area contributed by atoms with Crippen LogP contribution in [0.1, 0.15) is 25.8 Å². The van der Waals surface area contributed by atoms with Gasteiger partial charge in [-0.05, 0) is 48.3 Å². The lowest BCUT2D eigenvalue weighted by molar-refractivity contribution is 0.358. The molecule has 17 heavy (non-hydrogen) atoms.